The highest BCUT2D eigenvalue weighted by Crippen LogP contribution is 2.23. The molecule has 4 heteroatoms. The quantitative estimate of drug-likeness (QED) is 0.659. The number of primary amides is 1. The third-order valence-electron chi connectivity index (χ3n) is 2.97. The van der Waals surface area contributed by atoms with Crippen LogP contribution in [0.3, 0.4) is 0 Å². The second-order valence-electron chi connectivity index (χ2n) is 4.49. The Labute approximate surface area is 91.5 Å². The Morgan fingerprint density at radius 2 is 2.27 bits per heavy atom. The Morgan fingerprint density at radius 1 is 1.60 bits per heavy atom. The lowest BCUT2D eigenvalue weighted by molar-refractivity contribution is -0.128. The maximum Gasteiger partial charge on any atom is 0.239 e. The Hall–Kier alpha value is -0.610. The monoisotopic (exact) mass is 214 g/mol. The molecule has 88 valence electrons. The third kappa shape index (κ3) is 3.47. The lowest BCUT2D eigenvalue weighted by atomic mass is 9.95. The van der Waals surface area contributed by atoms with Gasteiger partial charge in [0.2, 0.25) is 5.91 Å². The summed E-state index contributed by atoms with van der Waals surface area (Å²) in [5.41, 5.74) is 4.66. The van der Waals surface area contributed by atoms with Crippen LogP contribution in [-0.4, -0.2) is 30.7 Å². The van der Waals surface area contributed by atoms with Crippen LogP contribution < -0.4 is 11.1 Å². The molecule has 1 aliphatic carbocycles. The summed E-state index contributed by atoms with van der Waals surface area (Å²) in [5.74, 6) is -0.338. The molecule has 0 heterocycles. The van der Waals surface area contributed by atoms with Crippen LogP contribution in [-0.2, 0) is 9.53 Å². The minimum Gasteiger partial charge on any atom is -0.376 e. The highest BCUT2D eigenvalue weighted by Gasteiger charge is 2.32. The van der Waals surface area contributed by atoms with Crippen LogP contribution >= 0.6 is 0 Å². The van der Waals surface area contributed by atoms with E-state index in [9.17, 15) is 4.79 Å². The van der Waals surface area contributed by atoms with Crippen molar-refractivity contribution in [3.63, 3.8) is 0 Å². The van der Waals surface area contributed by atoms with E-state index in [1.807, 2.05) is 6.92 Å². The van der Waals surface area contributed by atoms with Crippen LogP contribution in [0.1, 0.15) is 39.5 Å². The van der Waals surface area contributed by atoms with Gasteiger partial charge >= 0.3 is 0 Å². The molecule has 4 nitrogen and oxygen atoms in total. The van der Waals surface area contributed by atoms with Crippen molar-refractivity contribution in [3.05, 3.63) is 0 Å². The molecule has 1 saturated carbocycles. The minimum absolute atomic E-state index is 0.338. The summed E-state index contributed by atoms with van der Waals surface area (Å²) in [6.45, 7) is 5.03. The lowest BCUT2D eigenvalue weighted by Crippen LogP contribution is -2.57. The summed E-state index contributed by atoms with van der Waals surface area (Å²) in [4.78, 5) is 11.3. The Morgan fingerprint density at radius 3 is 2.67 bits per heavy atom. The summed E-state index contributed by atoms with van der Waals surface area (Å²) >= 11 is 0. The SMILES string of the molecule is CCCNC(C)(COC1CCC1)C(N)=O. The number of carbonyl (C=O) groups excluding carboxylic acids is 1. The van der Waals surface area contributed by atoms with E-state index >= 15 is 0 Å². The van der Waals surface area contributed by atoms with Gasteiger partial charge in [-0.2, -0.15) is 0 Å². The molecule has 0 aromatic heterocycles. The van der Waals surface area contributed by atoms with Crippen LogP contribution in [0.2, 0.25) is 0 Å². The largest absolute Gasteiger partial charge is 0.376 e. The van der Waals surface area contributed by atoms with Gasteiger partial charge in [0.15, 0.2) is 0 Å². The fourth-order valence-electron chi connectivity index (χ4n) is 1.43. The molecule has 1 aliphatic rings. The topological polar surface area (TPSA) is 64.3 Å². The Kier molecular flexibility index (Phi) is 4.54. The van der Waals surface area contributed by atoms with Crippen LogP contribution in [0.4, 0.5) is 0 Å². The summed E-state index contributed by atoms with van der Waals surface area (Å²) < 4.78 is 5.64. The summed E-state index contributed by atoms with van der Waals surface area (Å²) in [6, 6.07) is 0. The standard InChI is InChI=1S/C11H22N2O2/c1-3-7-13-11(2,10(12)14)8-15-9-5-4-6-9/h9,13H,3-8H2,1-2H3,(H2,12,14). The maximum atomic E-state index is 11.3. The van der Waals surface area contributed by atoms with Crippen molar-refractivity contribution in [2.24, 2.45) is 5.73 Å². The summed E-state index contributed by atoms with van der Waals surface area (Å²) in [7, 11) is 0. The number of carbonyl (C=O) groups is 1. The molecule has 3 N–H and O–H groups in total. The van der Waals surface area contributed by atoms with E-state index in [1.54, 1.807) is 0 Å². The van der Waals surface area contributed by atoms with E-state index < -0.39 is 5.54 Å². The minimum atomic E-state index is -0.717. The van der Waals surface area contributed by atoms with Gasteiger partial charge in [-0.25, -0.2) is 0 Å². The van der Waals surface area contributed by atoms with E-state index in [0.29, 0.717) is 12.7 Å². The Balaban J connectivity index is 2.36. The smallest absolute Gasteiger partial charge is 0.239 e. The molecule has 1 rings (SSSR count). The van der Waals surface area contributed by atoms with E-state index in [1.165, 1.54) is 6.42 Å². The number of amides is 1. The first-order valence-electron chi connectivity index (χ1n) is 5.75. The lowest BCUT2D eigenvalue weighted by Gasteiger charge is -2.32. The molecular formula is C11H22N2O2. The van der Waals surface area contributed by atoms with E-state index in [4.69, 9.17) is 10.5 Å². The first-order valence-corrected chi connectivity index (χ1v) is 5.75. The zero-order valence-corrected chi connectivity index (χ0v) is 9.71. The molecule has 0 aromatic carbocycles. The van der Waals surface area contributed by atoms with Crippen LogP contribution in [0, 0.1) is 0 Å². The van der Waals surface area contributed by atoms with Gasteiger partial charge in [-0.15, -0.1) is 0 Å². The van der Waals surface area contributed by atoms with E-state index in [0.717, 1.165) is 25.8 Å². The van der Waals surface area contributed by atoms with Crippen molar-refractivity contribution in [2.45, 2.75) is 51.2 Å². The number of hydrogen-bond acceptors (Lipinski definition) is 3. The van der Waals surface area contributed by atoms with Crippen LogP contribution in [0.15, 0.2) is 0 Å². The number of hydrogen-bond donors (Lipinski definition) is 2. The zero-order chi connectivity index (χ0) is 11.3. The van der Waals surface area contributed by atoms with E-state index in [-0.39, 0.29) is 5.91 Å². The predicted molar refractivity (Wildman–Crippen MR) is 59.5 cm³/mol. The summed E-state index contributed by atoms with van der Waals surface area (Å²) in [5, 5.41) is 3.15. The number of nitrogens with two attached hydrogens (primary N) is 1. The van der Waals surface area contributed by atoms with Crippen molar-refractivity contribution in [1.82, 2.24) is 5.32 Å². The zero-order valence-electron chi connectivity index (χ0n) is 9.71. The Bertz CT molecular complexity index is 217. The molecule has 0 radical (unpaired) electrons. The molecule has 0 spiro atoms. The first kappa shape index (κ1) is 12.5. The number of rotatable bonds is 7. The second kappa shape index (κ2) is 5.47. The van der Waals surface area contributed by atoms with Gasteiger partial charge in [-0.05, 0) is 39.2 Å². The van der Waals surface area contributed by atoms with Crippen LogP contribution in [0.25, 0.3) is 0 Å². The highest BCUT2D eigenvalue weighted by atomic mass is 16.5. The molecule has 1 atom stereocenters. The summed E-state index contributed by atoms with van der Waals surface area (Å²) in [6.07, 6.45) is 4.78. The highest BCUT2D eigenvalue weighted by molar-refractivity contribution is 5.84. The van der Waals surface area contributed by atoms with Gasteiger partial charge in [0, 0.05) is 0 Å². The van der Waals surface area contributed by atoms with Gasteiger partial charge in [0.05, 0.1) is 12.7 Å². The molecule has 0 aromatic rings. The first-order chi connectivity index (χ1) is 7.08. The molecular weight excluding hydrogens is 192 g/mol. The third-order valence-corrected chi connectivity index (χ3v) is 2.97. The van der Waals surface area contributed by atoms with Crippen molar-refractivity contribution in [1.29, 1.82) is 0 Å². The molecule has 15 heavy (non-hydrogen) atoms. The molecule has 1 fully saturated rings. The maximum absolute atomic E-state index is 11.3. The molecule has 1 amide bonds. The molecule has 0 bridgehead atoms. The average molecular weight is 214 g/mol. The van der Waals surface area contributed by atoms with Gasteiger partial charge in [0.25, 0.3) is 0 Å². The van der Waals surface area contributed by atoms with Gasteiger partial charge < -0.3 is 15.8 Å². The molecule has 0 saturated heterocycles. The van der Waals surface area contributed by atoms with Crippen molar-refractivity contribution in [3.8, 4) is 0 Å². The van der Waals surface area contributed by atoms with Crippen LogP contribution in [0.5, 0.6) is 0 Å². The van der Waals surface area contributed by atoms with Crippen molar-refractivity contribution in [2.75, 3.05) is 13.2 Å². The number of ether oxygens (including phenoxy) is 1. The van der Waals surface area contributed by atoms with Crippen molar-refractivity contribution < 1.29 is 9.53 Å². The fraction of sp³-hybridized carbons (Fsp3) is 0.909. The van der Waals surface area contributed by atoms with Gasteiger partial charge in [0.1, 0.15) is 5.54 Å². The van der Waals surface area contributed by atoms with Gasteiger partial charge in [-0.1, -0.05) is 6.92 Å². The average Bonchev–Trinajstić information content (AvgIpc) is 2.12. The molecule has 0 aliphatic heterocycles. The normalized spacial score (nSPS) is 20.7. The number of nitrogens with one attached hydrogen (secondary N) is 1. The van der Waals surface area contributed by atoms with Crippen molar-refractivity contribution >= 4 is 5.91 Å². The predicted octanol–water partition coefficient (Wildman–Crippen LogP) is 0.799. The van der Waals surface area contributed by atoms with Gasteiger partial charge in [-0.3, -0.25) is 4.79 Å². The fourth-order valence-corrected chi connectivity index (χ4v) is 1.43. The molecule has 1 unspecified atom stereocenters. The second-order valence-corrected chi connectivity index (χ2v) is 4.49. The van der Waals surface area contributed by atoms with E-state index in [2.05, 4.69) is 12.2 Å².